The summed E-state index contributed by atoms with van der Waals surface area (Å²) in [6.07, 6.45) is 4.11. The van der Waals surface area contributed by atoms with Gasteiger partial charge in [0.25, 0.3) is 0 Å². The monoisotopic (exact) mass is 214 g/mol. The molecule has 1 aliphatic carbocycles. The van der Waals surface area contributed by atoms with Crippen molar-refractivity contribution in [3.8, 4) is 0 Å². The molecule has 0 aromatic carbocycles. The summed E-state index contributed by atoms with van der Waals surface area (Å²) in [6.45, 7) is 6.86. The number of hydrogen-bond acceptors (Lipinski definition) is 3. The minimum atomic E-state index is -0.331. The summed E-state index contributed by atoms with van der Waals surface area (Å²) in [5, 5.41) is 9.24. The van der Waals surface area contributed by atoms with Gasteiger partial charge in [0.15, 0.2) is 0 Å². The summed E-state index contributed by atoms with van der Waals surface area (Å²) in [7, 11) is 2.18. The summed E-state index contributed by atoms with van der Waals surface area (Å²) in [4.78, 5) is 2.43. The van der Waals surface area contributed by atoms with E-state index in [1.54, 1.807) is 0 Å². The van der Waals surface area contributed by atoms with Gasteiger partial charge in [-0.3, -0.25) is 4.90 Å². The van der Waals surface area contributed by atoms with E-state index in [1.807, 2.05) is 0 Å². The van der Waals surface area contributed by atoms with Crippen molar-refractivity contribution in [2.45, 2.75) is 63.6 Å². The first-order chi connectivity index (χ1) is 6.84. The lowest BCUT2D eigenvalue weighted by atomic mass is 9.95. The summed E-state index contributed by atoms with van der Waals surface area (Å²) in [5.74, 6) is 0. The van der Waals surface area contributed by atoms with Crippen molar-refractivity contribution in [3.05, 3.63) is 0 Å². The van der Waals surface area contributed by atoms with E-state index >= 15 is 0 Å². The van der Waals surface area contributed by atoms with E-state index < -0.39 is 0 Å². The molecule has 1 rings (SSSR count). The van der Waals surface area contributed by atoms with Crippen LogP contribution in [0, 0.1) is 0 Å². The van der Waals surface area contributed by atoms with Crippen molar-refractivity contribution in [3.63, 3.8) is 0 Å². The maximum Gasteiger partial charge on any atom is 0.0611 e. The average molecular weight is 214 g/mol. The van der Waals surface area contributed by atoms with Crippen molar-refractivity contribution < 1.29 is 5.11 Å². The lowest BCUT2D eigenvalue weighted by Crippen LogP contribution is -2.48. The number of aliphatic hydroxyl groups is 1. The van der Waals surface area contributed by atoms with Crippen LogP contribution < -0.4 is 5.73 Å². The SMILES string of the molecule is CCC(C)(C)N(C)C1CCC(N)(CO)C1. The topological polar surface area (TPSA) is 49.5 Å². The van der Waals surface area contributed by atoms with Gasteiger partial charge >= 0.3 is 0 Å². The number of hydrogen-bond donors (Lipinski definition) is 2. The molecular weight excluding hydrogens is 188 g/mol. The molecule has 0 aromatic heterocycles. The molecule has 0 radical (unpaired) electrons. The summed E-state index contributed by atoms with van der Waals surface area (Å²) >= 11 is 0. The van der Waals surface area contributed by atoms with Crippen molar-refractivity contribution in [2.24, 2.45) is 5.73 Å². The molecule has 3 nitrogen and oxygen atoms in total. The first-order valence-corrected chi connectivity index (χ1v) is 5.97. The molecule has 3 heteroatoms. The van der Waals surface area contributed by atoms with Crippen LogP contribution in [0.4, 0.5) is 0 Å². The van der Waals surface area contributed by atoms with E-state index in [4.69, 9.17) is 5.73 Å². The minimum Gasteiger partial charge on any atom is -0.394 e. The molecular formula is C12H26N2O. The summed E-state index contributed by atoms with van der Waals surface area (Å²) < 4.78 is 0. The predicted molar refractivity (Wildman–Crippen MR) is 63.8 cm³/mol. The third-order valence-corrected chi connectivity index (χ3v) is 4.30. The van der Waals surface area contributed by atoms with Crippen LogP contribution in [-0.4, -0.2) is 40.8 Å². The van der Waals surface area contributed by atoms with Crippen LogP contribution in [0.15, 0.2) is 0 Å². The van der Waals surface area contributed by atoms with Gasteiger partial charge in [-0.15, -0.1) is 0 Å². The van der Waals surface area contributed by atoms with Crippen molar-refractivity contribution >= 4 is 0 Å². The third-order valence-electron chi connectivity index (χ3n) is 4.30. The van der Waals surface area contributed by atoms with Gasteiger partial charge in [-0.05, 0) is 46.6 Å². The van der Waals surface area contributed by atoms with Gasteiger partial charge < -0.3 is 10.8 Å². The van der Waals surface area contributed by atoms with Gasteiger partial charge in [0, 0.05) is 17.1 Å². The lowest BCUT2D eigenvalue weighted by Gasteiger charge is -2.39. The molecule has 2 atom stereocenters. The van der Waals surface area contributed by atoms with Crippen LogP contribution in [0.2, 0.25) is 0 Å². The molecule has 0 amide bonds. The Hall–Kier alpha value is -0.120. The second-order valence-electron chi connectivity index (χ2n) is 5.69. The van der Waals surface area contributed by atoms with E-state index in [0.717, 1.165) is 25.7 Å². The molecule has 0 saturated heterocycles. The van der Waals surface area contributed by atoms with E-state index in [0.29, 0.717) is 6.04 Å². The van der Waals surface area contributed by atoms with E-state index in [1.165, 1.54) is 0 Å². The highest BCUT2D eigenvalue weighted by Gasteiger charge is 2.39. The predicted octanol–water partition coefficient (Wildman–Crippen LogP) is 1.35. The molecule has 1 saturated carbocycles. The molecule has 0 bridgehead atoms. The van der Waals surface area contributed by atoms with Gasteiger partial charge in [-0.1, -0.05) is 6.92 Å². The number of nitrogens with two attached hydrogens (primary N) is 1. The Bertz CT molecular complexity index is 218. The van der Waals surface area contributed by atoms with Gasteiger partial charge in [0.05, 0.1) is 6.61 Å². The van der Waals surface area contributed by atoms with Crippen LogP contribution in [0.5, 0.6) is 0 Å². The maximum atomic E-state index is 9.24. The number of nitrogens with zero attached hydrogens (tertiary/aromatic N) is 1. The molecule has 1 fully saturated rings. The average Bonchev–Trinajstić information content (AvgIpc) is 2.60. The van der Waals surface area contributed by atoms with Gasteiger partial charge in [-0.25, -0.2) is 0 Å². The Morgan fingerprint density at radius 2 is 2.13 bits per heavy atom. The number of rotatable bonds is 4. The molecule has 0 aliphatic heterocycles. The molecule has 0 heterocycles. The molecule has 90 valence electrons. The summed E-state index contributed by atoms with van der Waals surface area (Å²) in [5.41, 5.74) is 5.99. The van der Waals surface area contributed by atoms with E-state index in [9.17, 15) is 5.11 Å². The molecule has 1 aliphatic rings. The normalized spacial score (nSPS) is 32.6. The van der Waals surface area contributed by atoms with Gasteiger partial charge in [-0.2, -0.15) is 0 Å². The second kappa shape index (κ2) is 4.40. The Morgan fingerprint density at radius 1 is 1.53 bits per heavy atom. The van der Waals surface area contributed by atoms with E-state index in [2.05, 4.69) is 32.7 Å². The zero-order chi connectivity index (χ0) is 11.7. The third kappa shape index (κ3) is 2.71. The Morgan fingerprint density at radius 3 is 2.53 bits per heavy atom. The maximum absolute atomic E-state index is 9.24. The first-order valence-electron chi connectivity index (χ1n) is 5.97. The fourth-order valence-electron chi connectivity index (χ4n) is 2.35. The van der Waals surface area contributed by atoms with Crippen molar-refractivity contribution in [1.29, 1.82) is 0 Å². The van der Waals surface area contributed by atoms with Crippen LogP contribution in [0.1, 0.15) is 46.5 Å². The first kappa shape index (κ1) is 12.9. The number of aliphatic hydroxyl groups excluding tert-OH is 1. The smallest absolute Gasteiger partial charge is 0.0611 e. The van der Waals surface area contributed by atoms with Crippen molar-refractivity contribution in [1.82, 2.24) is 4.90 Å². The largest absolute Gasteiger partial charge is 0.394 e. The minimum absolute atomic E-state index is 0.115. The van der Waals surface area contributed by atoms with Crippen LogP contribution in [0.25, 0.3) is 0 Å². The van der Waals surface area contributed by atoms with Gasteiger partial charge in [0.1, 0.15) is 0 Å². The Kier molecular flexibility index (Phi) is 3.80. The highest BCUT2D eigenvalue weighted by atomic mass is 16.3. The zero-order valence-electron chi connectivity index (χ0n) is 10.6. The standard InChI is InChI=1S/C12H26N2O/c1-5-11(2,3)14(4)10-6-7-12(13,8-10)9-15/h10,15H,5-9,13H2,1-4H3. The van der Waals surface area contributed by atoms with Gasteiger partial charge in [0.2, 0.25) is 0 Å². The molecule has 15 heavy (non-hydrogen) atoms. The molecule has 0 spiro atoms. The van der Waals surface area contributed by atoms with Crippen LogP contribution >= 0.6 is 0 Å². The highest BCUT2D eigenvalue weighted by Crippen LogP contribution is 2.34. The Balaban J connectivity index is 2.61. The van der Waals surface area contributed by atoms with Crippen LogP contribution in [0.3, 0.4) is 0 Å². The zero-order valence-corrected chi connectivity index (χ0v) is 10.6. The summed E-state index contributed by atoms with van der Waals surface area (Å²) in [6, 6.07) is 0.525. The van der Waals surface area contributed by atoms with Crippen molar-refractivity contribution in [2.75, 3.05) is 13.7 Å². The fraction of sp³-hybridized carbons (Fsp3) is 1.00. The van der Waals surface area contributed by atoms with Crippen LogP contribution in [-0.2, 0) is 0 Å². The van der Waals surface area contributed by atoms with E-state index in [-0.39, 0.29) is 17.7 Å². The highest BCUT2D eigenvalue weighted by molar-refractivity contribution is 4.98. The quantitative estimate of drug-likeness (QED) is 0.742. The molecule has 0 aromatic rings. The molecule has 2 unspecified atom stereocenters. The lowest BCUT2D eigenvalue weighted by molar-refractivity contribution is 0.0918. The molecule has 3 N–H and O–H groups in total. The Labute approximate surface area is 93.6 Å². The second-order valence-corrected chi connectivity index (χ2v) is 5.69. The fourth-order valence-corrected chi connectivity index (χ4v) is 2.35.